The van der Waals surface area contributed by atoms with Gasteiger partial charge in [0.15, 0.2) is 0 Å². The third-order valence-electron chi connectivity index (χ3n) is 4.49. The van der Waals surface area contributed by atoms with Crippen molar-refractivity contribution in [2.75, 3.05) is 13.2 Å². The third-order valence-corrected chi connectivity index (χ3v) is 4.49. The summed E-state index contributed by atoms with van der Waals surface area (Å²) in [6, 6.07) is 0. The monoisotopic (exact) mass is 237 g/mol. The molecule has 94 valence electrons. The van der Waals surface area contributed by atoms with E-state index < -0.39 is 11.5 Å². The zero-order valence-corrected chi connectivity index (χ0v) is 10.5. The number of carbonyl (C=O) groups excluding carboxylic acids is 2. The summed E-state index contributed by atoms with van der Waals surface area (Å²) in [5.74, 6) is -0.0794. The smallest absolute Gasteiger partial charge is 0.416 e. The molecule has 2 amide bonds. The van der Waals surface area contributed by atoms with Gasteiger partial charge in [0.05, 0.1) is 12.0 Å². The molecule has 2 aliphatic rings. The van der Waals surface area contributed by atoms with E-state index in [9.17, 15) is 9.59 Å². The number of imide groups is 1. The van der Waals surface area contributed by atoms with Crippen molar-refractivity contribution in [1.82, 2.24) is 4.90 Å². The van der Waals surface area contributed by atoms with Crippen LogP contribution >= 0.6 is 0 Å². The van der Waals surface area contributed by atoms with Crippen LogP contribution in [-0.4, -0.2) is 30.1 Å². The number of hydrogen-bond donors (Lipinski definition) is 0. The molecule has 1 aliphatic carbocycles. The van der Waals surface area contributed by atoms with Crippen molar-refractivity contribution in [3.8, 4) is 0 Å². The lowest BCUT2D eigenvalue weighted by Crippen LogP contribution is -2.40. The Morgan fingerprint density at radius 2 is 2.24 bits per heavy atom. The first-order valence-corrected chi connectivity index (χ1v) is 6.19. The van der Waals surface area contributed by atoms with Gasteiger partial charge in [0.2, 0.25) is 5.91 Å². The first-order valence-electron chi connectivity index (χ1n) is 6.19. The van der Waals surface area contributed by atoms with Crippen molar-refractivity contribution in [3.05, 3.63) is 12.7 Å². The summed E-state index contributed by atoms with van der Waals surface area (Å²) < 4.78 is 4.83. The van der Waals surface area contributed by atoms with Crippen molar-refractivity contribution < 1.29 is 14.3 Å². The molecular weight excluding hydrogens is 218 g/mol. The molecule has 0 N–H and O–H groups in total. The van der Waals surface area contributed by atoms with Crippen LogP contribution in [0.3, 0.4) is 0 Å². The van der Waals surface area contributed by atoms with Crippen LogP contribution in [0.2, 0.25) is 0 Å². The van der Waals surface area contributed by atoms with Crippen LogP contribution in [-0.2, 0) is 9.53 Å². The van der Waals surface area contributed by atoms with E-state index in [2.05, 4.69) is 13.5 Å². The number of nitrogens with zero attached hydrogens (tertiary/aromatic N) is 1. The van der Waals surface area contributed by atoms with Crippen LogP contribution in [0, 0.1) is 10.8 Å². The Balaban J connectivity index is 2.24. The van der Waals surface area contributed by atoms with Crippen LogP contribution in [0.1, 0.15) is 33.1 Å². The van der Waals surface area contributed by atoms with Crippen LogP contribution in [0.25, 0.3) is 0 Å². The number of cyclic esters (lactones) is 1. The number of hydrogen-bond acceptors (Lipinski definition) is 3. The molecule has 17 heavy (non-hydrogen) atoms. The minimum absolute atomic E-state index is 0.0794. The first-order chi connectivity index (χ1) is 8.07. The SMILES string of the molecule is C=C[C@@]1(CC)C[C@]1(CC)C(=O)N1CCOC1=O. The highest BCUT2D eigenvalue weighted by Crippen LogP contribution is 2.69. The topological polar surface area (TPSA) is 46.6 Å². The Bertz CT molecular complexity index is 379. The number of ether oxygens (including phenoxy) is 1. The molecular formula is C13H19NO3. The maximum Gasteiger partial charge on any atom is 0.416 e. The molecule has 0 bridgehead atoms. The van der Waals surface area contributed by atoms with E-state index in [0.29, 0.717) is 13.2 Å². The van der Waals surface area contributed by atoms with Gasteiger partial charge < -0.3 is 4.74 Å². The van der Waals surface area contributed by atoms with E-state index >= 15 is 0 Å². The second kappa shape index (κ2) is 3.86. The lowest BCUT2D eigenvalue weighted by atomic mass is 9.87. The number of amides is 2. The normalized spacial score (nSPS) is 35.6. The molecule has 4 nitrogen and oxygen atoms in total. The fourth-order valence-electron chi connectivity index (χ4n) is 3.12. The highest BCUT2D eigenvalue weighted by molar-refractivity contribution is 5.98. The Hall–Kier alpha value is -1.32. The van der Waals surface area contributed by atoms with E-state index in [1.807, 2.05) is 13.0 Å². The van der Waals surface area contributed by atoms with Gasteiger partial charge in [-0.05, 0) is 19.3 Å². The molecule has 0 spiro atoms. The molecule has 1 saturated heterocycles. The Labute approximate surface area is 102 Å². The molecule has 2 atom stereocenters. The van der Waals surface area contributed by atoms with E-state index in [1.165, 1.54) is 4.90 Å². The molecule has 1 heterocycles. The molecule has 2 rings (SSSR count). The summed E-state index contributed by atoms with van der Waals surface area (Å²) in [5, 5.41) is 0. The minimum Gasteiger partial charge on any atom is -0.447 e. The number of rotatable bonds is 4. The van der Waals surface area contributed by atoms with Gasteiger partial charge in [0.1, 0.15) is 6.61 Å². The third kappa shape index (κ3) is 1.43. The number of carbonyl (C=O) groups is 2. The molecule has 4 heteroatoms. The number of allylic oxidation sites excluding steroid dienone is 1. The molecule has 0 aromatic heterocycles. The maximum absolute atomic E-state index is 12.5. The Kier molecular flexibility index (Phi) is 2.76. The summed E-state index contributed by atoms with van der Waals surface area (Å²) in [5.41, 5.74) is -0.547. The minimum atomic E-state index is -0.496. The van der Waals surface area contributed by atoms with Gasteiger partial charge in [-0.15, -0.1) is 6.58 Å². The van der Waals surface area contributed by atoms with Crippen LogP contribution in [0.4, 0.5) is 4.79 Å². The molecule has 0 aromatic rings. The predicted molar refractivity (Wildman–Crippen MR) is 63.3 cm³/mol. The van der Waals surface area contributed by atoms with Crippen molar-refractivity contribution >= 4 is 12.0 Å². The molecule has 0 aromatic carbocycles. The van der Waals surface area contributed by atoms with Crippen molar-refractivity contribution in [2.45, 2.75) is 33.1 Å². The molecule has 0 unspecified atom stereocenters. The molecule has 1 saturated carbocycles. The summed E-state index contributed by atoms with van der Waals surface area (Å²) in [6.45, 7) is 8.62. The van der Waals surface area contributed by atoms with E-state index in [0.717, 1.165) is 19.3 Å². The lowest BCUT2D eigenvalue weighted by molar-refractivity contribution is -0.134. The average Bonchev–Trinajstić information content (AvgIpc) is 2.86. The van der Waals surface area contributed by atoms with E-state index in [1.54, 1.807) is 0 Å². The lowest BCUT2D eigenvalue weighted by Gasteiger charge is -2.23. The standard InChI is InChI=1S/C13H19NO3/c1-4-12(5-2)9-13(12,6-3)10(15)14-7-8-17-11(14)16/h4H,1,5-9H2,2-3H3/t12-,13-/m1/s1. The van der Waals surface area contributed by atoms with Crippen molar-refractivity contribution in [1.29, 1.82) is 0 Å². The van der Waals surface area contributed by atoms with Gasteiger partial charge in [-0.3, -0.25) is 4.79 Å². The average molecular weight is 237 g/mol. The van der Waals surface area contributed by atoms with Crippen molar-refractivity contribution in [2.24, 2.45) is 10.8 Å². The first kappa shape index (κ1) is 12.1. The summed E-state index contributed by atoms with van der Waals surface area (Å²) in [4.78, 5) is 25.2. The largest absolute Gasteiger partial charge is 0.447 e. The molecule has 1 aliphatic heterocycles. The maximum atomic E-state index is 12.5. The van der Waals surface area contributed by atoms with Gasteiger partial charge in [-0.25, -0.2) is 9.69 Å². The van der Waals surface area contributed by atoms with E-state index in [-0.39, 0.29) is 11.3 Å². The summed E-state index contributed by atoms with van der Waals surface area (Å²) >= 11 is 0. The Morgan fingerprint density at radius 1 is 1.53 bits per heavy atom. The summed E-state index contributed by atoms with van der Waals surface area (Å²) in [6.07, 6.45) is 3.83. The summed E-state index contributed by atoms with van der Waals surface area (Å²) in [7, 11) is 0. The van der Waals surface area contributed by atoms with Gasteiger partial charge in [-0.2, -0.15) is 0 Å². The van der Waals surface area contributed by atoms with Crippen molar-refractivity contribution in [3.63, 3.8) is 0 Å². The quantitative estimate of drug-likeness (QED) is 0.705. The van der Waals surface area contributed by atoms with Crippen LogP contribution < -0.4 is 0 Å². The Morgan fingerprint density at radius 3 is 2.59 bits per heavy atom. The zero-order valence-electron chi connectivity index (χ0n) is 10.5. The molecule has 0 radical (unpaired) electrons. The van der Waals surface area contributed by atoms with Gasteiger partial charge in [-0.1, -0.05) is 19.9 Å². The fraction of sp³-hybridized carbons (Fsp3) is 0.692. The second-order valence-electron chi connectivity index (χ2n) is 4.90. The van der Waals surface area contributed by atoms with Gasteiger partial charge in [0, 0.05) is 5.41 Å². The zero-order chi connectivity index (χ0) is 12.7. The highest BCUT2D eigenvalue weighted by Gasteiger charge is 2.69. The second-order valence-corrected chi connectivity index (χ2v) is 4.90. The van der Waals surface area contributed by atoms with Crippen LogP contribution in [0.5, 0.6) is 0 Å². The predicted octanol–water partition coefficient (Wildman–Crippen LogP) is 2.35. The highest BCUT2D eigenvalue weighted by atomic mass is 16.6. The molecule has 2 fully saturated rings. The van der Waals surface area contributed by atoms with Gasteiger partial charge in [0.25, 0.3) is 0 Å². The fourth-order valence-corrected chi connectivity index (χ4v) is 3.12. The van der Waals surface area contributed by atoms with E-state index in [4.69, 9.17) is 4.74 Å². The van der Waals surface area contributed by atoms with Gasteiger partial charge >= 0.3 is 6.09 Å². The van der Waals surface area contributed by atoms with Crippen LogP contribution in [0.15, 0.2) is 12.7 Å².